The Balaban J connectivity index is 1.73. The van der Waals surface area contributed by atoms with Gasteiger partial charge in [-0.3, -0.25) is 9.69 Å². The van der Waals surface area contributed by atoms with Gasteiger partial charge in [-0.25, -0.2) is 0 Å². The van der Waals surface area contributed by atoms with Crippen LogP contribution >= 0.6 is 0 Å². The normalized spacial score (nSPS) is 22.3. The maximum absolute atomic E-state index is 13.2. The van der Waals surface area contributed by atoms with Gasteiger partial charge >= 0.3 is 0 Å². The predicted octanol–water partition coefficient (Wildman–Crippen LogP) is 2.54. The van der Waals surface area contributed by atoms with Gasteiger partial charge in [0.05, 0.1) is 0 Å². The van der Waals surface area contributed by atoms with Crippen LogP contribution in [0.3, 0.4) is 0 Å². The predicted molar refractivity (Wildman–Crippen MR) is 98.0 cm³/mol. The molecule has 0 aliphatic carbocycles. The molecule has 24 heavy (non-hydrogen) atoms. The molecule has 132 valence electrons. The molecule has 2 heterocycles. The molecule has 1 amide bonds. The Morgan fingerprint density at radius 1 is 1.08 bits per heavy atom. The second-order valence-electron chi connectivity index (χ2n) is 8.09. The molecule has 2 fully saturated rings. The van der Waals surface area contributed by atoms with Gasteiger partial charge in [0.2, 0.25) is 5.91 Å². The Labute approximate surface area is 146 Å². The Bertz CT molecular complexity index is 573. The highest BCUT2D eigenvalue weighted by Crippen LogP contribution is 2.41. The summed E-state index contributed by atoms with van der Waals surface area (Å²) in [7, 11) is 6.21. The van der Waals surface area contributed by atoms with Gasteiger partial charge in [-0.2, -0.15) is 0 Å². The topological polar surface area (TPSA) is 26.8 Å². The van der Waals surface area contributed by atoms with Crippen LogP contribution in [0.15, 0.2) is 24.3 Å². The summed E-state index contributed by atoms with van der Waals surface area (Å²) in [4.78, 5) is 19.8. The van der Waals surface area contributed by atoms with Crippen molar-refractivity contribution < 1.29 is 4.79 Å². The van der Waals surface area contributed by atoms with E-state index in [0.29, 0.717) is 5.41 Å². The van der Waals surface area contributed by atoms with Gasteiger partial charge in [-0.15, -0.1) is 0 Å². The molecule has 0 bridgehead atoms. The molecule has 1 spiro atoms. The Morgan fingerprint density at radius 3 is 2.25 bits per heavy atom. The van der Waals surface area contributed by atoms with E-state index in [1.165, 1.54) is 24.8 Å². The van der Waals surface area contributed by atoms with Crippen molar-refractivity contribution in [1.29, 1.82) is 0 Å². The van der Waals surface area contributed by atoms with Gasteiger partial charge in [0.1, 0.15) is 6.04 Å². The average Bonchev–Trinajstić information content (AvgIpc) is 2.96. The molecule has 1 aromatic carbocycles. The van der Waals surface area contributed by atoms with Crippen molar-refractivity contribution in [1.82, 2.24) is 14.7 Å². The second kappa shape index (κ2) is 6.85. The molecule has 4 nitrogen and oxygen atoms in total. The van der Waals surface area contributed by atoms with E-state index < -0.39 is 0 Å². The zero-order valence-corrected chi connectivity index (χ0v) is 15.6. The largest absolute Gasteiger partial charge is 0.340 e. The van der Waals surface area contributed by atoms with E-state index >= 15 is 0 Å². The number of aryl methyl sites for hydroxylation is 1. The van der Waals surface area contributed by atoms with Crippen LogP contribution in [0.2, 0.25) is 0 Å². The smallest absolute Gasteiger partial charge is 0.244 e. The summed E-state index contributed by atoms with van der Waals surface area (Å²) in [6.07, 6.45) is 3.62. The van der Waals surface area contributed by atoms with Gasteiger partial charge in [0, 0.05) is 13.1 Å². The number of likely N-dealkylation sites (tertiary alicyclic amines) is 2. The second-order valence-corrected chi connectivity index (χ2v) is 8.09. The lowest BCUT2D eigenvalue weighted by Crippen LogP contribution is -2.43. The maximum atomic E-state index is 13.2. The van der Waals surface area contributed by atoms with Crippen LogP contribution in [-0.4, -0.2) is 67.9 Å². The number of amides is 1. The van der Waals surface area contributed by atoms with Crippen molar-refractivity contribution in [2.24, 2.45) is 5.41 Å². The quantitative estimate of drug-likeness (QED) is 0.853. The van der Waals surface area contributed by atoms with E-state index in [0.717, 1.165) is 31.7 Å². The van der Waals surface area contributed by atoms with E-state index in [1.54, 1.807) is 0 Å². The van der Waals surface area contributed by atoms with Crippen molar-refractivity contribution in [2.75, 3.05) is 47.3 Å². The summed E-state index contributed by atoms with van der Waals surface area (Å²) in [6.45, 7) is 6.27. The highest BCUT2D eigenvalue weighted by atomic mass is 16.2. The Morgan fingerprint density at radius 2 is 1.67 bits per heavy atom. The number of piperidine rings is 1. The van der Waals surface area contributed by atoms with Gasteiger partial charge in [-0.05, 0) is 71.4 Å². The van der Waals surface area contributed by atoms with Crippen LogP contribution in [0.5, 0.6) is 0 Å². The van der Waals surface area contributed by atoms with Crippen molar-refractivity contribution in [3.05, 3.63) is 35.4 Å². The maximum Gasteiger partial charge on any atom is 0.244 e. The highest BCUT2D eigenvalue weighted by molar-refractivity contribution is 5.83. The van der Waals surface area contributed by atoms with Crippen molar-refractivity contribution in [3.8, 4) is 0 Å². The van der Waals surface area contributed by atoms with Crippen molar-refractivity contribution >= 4 is 5.91 Å². The molecule has 1 aromatic rings. The molecule has 0 saturated carbocycles. The number of rotatable bonds is 3. The van der Waals surface area contributed by atoms with E-state index in [9.17, 15) is 4.79 Å². The number of likely N-dealkylation sites (N-methyl/N-ethyl adjacent to an activating group) is 1. The third kappa shape index (κ3) is 3.50. The van der Waals surface area contributed by atoms with Crippen molar-refractivity contribution in [3.63, 3.8) is 0 Å². The molecule has 4 heteroatoms. The molecule has 3 rings (SSSR count). The summed E-state index contributed by atoms with van der Waals surface area (Å²) in [6, 6.07) is 8.22. The highest BCUT2D eigenvalue weighted by Gasteiger charge is 2.43. The first-order valence-electron chi connectivity index (χ1n) is 9.11. The lowest BCUT2D eigenvalue weighted by atomic mass is 9.78. The number of hydrogen-bond acceptors (Lipinski definition) is 3. The van der Waals surface area contributed by atoms with Crippen LogP contribution in [0.25, 0.3) is 0 Å². The summed E-state index contributed by atoms with van der Waals surface area (Å²) >= 11 is 0. The first-order chi connectivity index (χ1) is 11.4. The first kappa shape index (κ1) is 17.4. The van der Waals surface area contributed by atoms with Crippen LogP contribution in [0.4, 0.5) is 0 Å². The number of carbonyl (C=O) groups excluding carboxylic acids is 1. The molecule has 2 saturated heterocycles. The molecule has 2 aliphatic rings. The summed E-state index contributed by atoms with van der Waals surface area (Å²) < 4.78 is 0. The lowest BCUT2D eigenvalue weighted by Gasteiger charge is -2.38. The van der Waals surface area contributed by atoms with E-state index in [4.69, 9.17) is 0 Å². The zero-order chi connectivity index (χ0) is 17.3. The fourth-order valence-electron chi connectivity index (χ4n) is 4.21. The molecule has 1 atom stereocenters. The molecule has 0 unspecified atom stereocenters. The minimum atomic E-state index is -0.174. The minimum absolute atomic E-state index is 0.174. The fraction of sp³-hybridized carbons (Fsp3) is 0.650. The van der Waals surface area contributed by atoms with E-state index in [1.807, 2.05) is 19.0 Å². The molecular formula is C20H31N3O. The van der Waals surface area contributed by atoms with E-state index in [2.05, 4.69) is 48.0 Å². The summed E-state index contributed by atoms with van der Waals surface area (Å²) in [5.41, 5.74) is 2.70. The van der Waals surface area contributed by atoms with Gasteiger partial charge in [0.25, 0.3) is 0 Å². The third-order valence-electron chi connectivity index (χ3n) is 5.94. The minimum Gasteiger partial charge on any atom is -0.340 e. The molecule has 0 aromatic heterocycles. The summed E-state index contributed by atoms with van der Waals surface area (Å²) in [5, 5.41) is 0. The average molecular weight is 329 g/mol. The number of carbonyl (C=O) groups is 1. The third-order valence-corrected chi connectivity index (χ3v) is 5.94. The molecule has 0 radical (unpaired) electrons. The first-order valence-corrected chi connectivity index (χ1v) is 9.11. The molecule has 2 aliphatic heterocycles. The lowest BCUT2D eigenvalue weighted by molar-refractivity contribution is -0.135. The Hall–Kier alpha value is -1.39. The number of nitrogens with zero attached hydrogens (tertiary/aromatic N) is 3. The van der Waals surface area contributed by atoms with Gasteiger partial charge in [-0.1, -0.05) is 29.8 Å². The monoisotopic (exact) mass is 329 g/mol. The standard InChI is InChI=1S/C20H31N3O/c1-16-5-7-17(8-6-16)18(21(2)3)19(24)23-14-11-20(15-23)9-12-22(4)13-10-20/h5-8,18H,9-15H2,1-4H3/t18-/m1/s1. The van der Waals surface area contributed by atoms with Crippen LogP contribution in [0, 0.1) is 12.3 Å². The van der Waals surface area contributed by atoms with Crippen LogP contribution < -0.4 is 0 Å². The zero-order valence-electron chi connectivity index (χ0n) is 15.6. The van der Waals surface area contributed by atoms with Crippen LogP contribution in [0.1, 0.15) is 36.4 Å². The number of benzene rings is 1. The molecule has 0 N–H and O–H groups in total. The fourth-order valence-corrected chi connectivity index (χ4v) is 4.21. The number of hydrogen-bond donors (Lipinski definition) is 0. The summed E-state index contributed by atoms with van der Waals surface area (Å²) in [5.74, 6) is 0.264. The Kier molecular flexibility index (Phi) is 4.97. The SMILES string of the molecule is Cc1ccc([C@H](C(=O)N2CCC3(CCN(C)CC3)C2)N(C)C)cc1. The van der Waals surface area contributed by atoms with Gasteiger partial charge in [0.15, 0.2) is 0 Å². The van der Waals surface area contributed by atoms with E-state index in [-0.39, 0.29) is 11.9 Å². The van der Waals surface area contributed by atoms with Crippen LogP contribution in [-0.2, 0) is 4.79 Å². The molecular weight excluding hydrogens is 298 g/mol. The van der Waals surface area contributed by atoms with Gasteiger partial charge < -0.3 is 9.80 Å². The van der Waals surface area contributed by atoms with Crippen molar-refractivity contribution in [2.45, 2.75) is 32.2 Å².